The molecule has 2 aliphatic heterocycles. The Balaban J connectivity index is 1.44. The summed E-state index contributed by atoms with van der Waals surface area (Å²) in [5, 5.41) is 3.31. The molecule has 0 bridgehead atoms. The molecule has 0 aliphatic carbocycles. The van der Waals surface area contributed by atoms with E-state index in [1.807, 2.05) is 0 Å². The number of hydrogen-bond acceptors (Lipinski definition) is 5. The van der Waals surface area contributed by atoms with Crippen molar-refractivity contribution in [1.29, 1.82) is 0 Å². The maximum Gasteiger partial charge on any atom is 0.165 e. The van der Waals surface area contributed by atoms with Crippen LogP contribution < -0.4 is 5.32 Å². The van der Waals surface area contributed by atoms with Crippen LogP contribution in [0.2, 0.25) is 0 Å². The molecule has 4 rings (SSSR count). The molecule has 2 aromatic rings. The third kappa shape index (κ3) is 4.99. The molecule has 2 saturated heterocycles. The molecule has 0 saturated carbocycles. The van der Waals surface area contributed by atoms with Crippen molar-refractivity contribution < 1.29 is 9.13 Å². The maximum atomic E-state index is 14.2. The summed E-state index contributed by atoms with van der Waals surface area (Å²) in [6, 6.07) is 13.7. The molecule has 2 fully saturated rings. The van der Waals surface area contributed by atoms with Gasteiger partial charge in [-0.2, -0.15) is 0 Å². The predicted octanol–water partition coefficient (Wildman–Crippen LogP) is 3.78. The van der Waals surface area contributed by atoms with Gasteiger partial charge in [-0.05, 0) is 44.4 Å². The number of halogens is 1. The van der Waals surface area contributed by atoms with Crippen LogP contribution in [0.25, 0.3) is 0 Å². The number of nitrogens with zero attached hydrogens (tertiary/aromatic N) is 3. The third-order valence-corrected chi connectivity index (χ3v) is 6.45. The van der Waals surface area contributed by atoms with Gasteiger partial charge in [-0.3, -0.25) is 9.80 Å². The number of ether oxygens (including phenoxy) is 1. The number of anilines is 1. The lowest BCUT2D eigenvalue weighted by atomic mass is 9.79. The molecule has 5 nitrogen and oxygen atoms in total. The van der Waals surface area contributed by atoms with Crippen molar-refractivity contribution in [2.75, 3.05) is 44.6 Å². The Bertz CT molecular complexity index is 823. The minimum absolute atomic E-state index is 0.0649. The Hall–Kier alpha value is -2.02. The highest BCUT2D eigenvalue weighted by Crippen LogP contribution is 2.37. The van der Waals surface area contributed by atoms with Gasteiger partial charge >= 0.3 is 0 Å². The number of rotatable bonds is 6. The molecule has 30 heavy (non-hydrogen) atoms. The van der Waals surface area contributed by atoms with E-state index in [4.69, 9.17) is 4.74 Å². The van der Waals surface area contributed by atoms with E-state index in [0.29, 0.717) is 12.4 Å². The summed E-state index contributed by atoms with van der Waals surface area (Å²) in [7, 11) is 0. The number of pyridine rings is 1. The van der Waals surface area contributed by atoms with Gasteiger partial charge < -0.3 is 10.1 Å². The fraction of sp³-hybridized carbons (Fsp3) is 0.542. The zero-order valence-electron chi connectivity index (χ0n) is 18.1. The van der Waals surface area contributed by atoms with E-state index in [1.165, 1.54) is 11.6 Å². The van der Waals surface area contributed by atoms with Gasteiger partial charge in [0, 0.05) is 57.6 Å². The standard InChI is InChI=1S/C24H33FN4O/c1-23(2)18-24(10-16-30-23,19-27-22-21(25)9-6-11-26-22)29-14-12-28(13-15-29)17-20-7-4-3-5-8-20/h3-9,11H,10,12-19H2,1-2H3,(H,26,27). The molecular weight excluding hydrogens is 379 g/mol. The smallest absolute Gasteiger partial charge is 0.165 e. The van der Waals surface area contributed by atoms with Gasteiger partial charge in [0.2, 0.25) is 0 Å². The largest absolute Gasteiger partial charge is 0.375 e. The Morgan fingerprint density at radius 3 is 2.53 bits per heavy atom. The van der Waals surface area contributed by atoms with Crippen LogP contribution in [-0.2, 0) is 11.3 Å². The predicted molar refractivity (Wildman–Crippen MR) is 118 cm³/mol. The second-order valence-corrected chi connectivity index (χ2v) is 9.20. The number of piperazine rings is 1. The first-order chi connectivity index (χ1) is 14.5. The second-order valence-electron chi connectivity index (χ2n) is 9.20. The first-order valence-electron chi connectivity index (χ1n) is 11.0. The highest BCUT2D eigenvalue weighted by molar-refractivity contribution is 5.36. The van der Waals surface area contributed by atoms with Crippen molar-refractivity contribution >= 4 is 5.82 Å². The summed E-state index contributed by atoms with van der Waals surface area (Å²) < 4.78 is 20.2. The molecule has 0 radical (unpaired) electrons. The van der Waals surface area contributed by atoms with Crippen LogP contribution in [-0.4, -0.2) is 65.3 Å². The molecule has 0 amide bonds. The Kier molecular flexibility index (Phi) is 6.37. The maximum absolute atomic E-state index is 14.2. The Morgan fingerprint density at radius 2 is 1.83 bits per heavy atom. The summed E-state index contributed by atoms with van der Waals surface area (Å²) in [6.07, 6.45) is 3.49. The van der Waals surface area contributed by atoms with Crippen LogP contribution in [0.15, 0.2) is 48.7 Å². The topological polar surface area (TPSA) is 40.6 Å². The molecule has 1 atom stereocenters. The van der Waals surface area contributed by atoms with Gasteiger partial charge in [0.05, 0.1) is 5.60 Å². The van der Waals surface area contributed by atoms with E-state index in [-0.39, 0.29) is 17.0 Å². The van der Waals surface area contributed by atoms with Crippen molar-refractivity contribution in [3.8, 4) is 0 Å². The Morgan fingerprint density at radius 1 is 1.07 bits per heavy atom. The van der Waals surface area contributed by atoms with Gasteiger partial charge in [0.1, 0.15) is 0 Å². The highest BCUT2D eigenvalue weighted by atomic mass is 19.1. The molecule has 1 N–H and O–H groups in total. The molecule has 1 aromatic carbocycles. The number of aromatic nitrogens is 1. The summed E-state index contributed by atoms with van der Waals surface area (Å²) in [6.45, 7) is 10.8. The molecular formula is C24H33FN4O. The number of nitrogens with one attached hydrogen (secondary N) is 1. The van der Waals surface area contributed by atoms with Crippen molar-refractivity contribution in [2.45, 2.75) is 44.4 Å². The van der Waals surface area contributed by atoms with Crippen LogP contribution in [0.1, 0.15) is 32.3 Å². The van der Waals surface area contributed by atoms with Gasteiger partial charge in [-0.15, -0.1) is 0 Å². The molecule has 162 valence electrons. The number of benzene rings is 1. The van der Waals surface area contributed by atoms with Crippen molar-refractivity contribution in [2.24, 2.45) is 0 Å². The lowest BCUT2D eigenvalue weighted by molar-refractivity contribution is -0.123. The summed E-state index contributed by atoms with van der Waals surface area (Å²) in [4.78, 5) is 9.32. The van der Waals surface area contributed by atoms with E-state index in [9.17, 15) is 4.39 Å². The van der Waals surface area contributed by atoms with Gasteiger partial charge in [0.25, 0.3) is 0 Å². The fourth-order valence-electron chi connectivity index (χ4n) is 4.97. The van der Waals surface area contributed by atoms with E-state index >= 15 is 0 Å². The lowest BCUT2D eigenvalue weighted by Gasteiger charge is -2.53. The zero-order valence-corrected chi connectivity index (χ0v) is 18.1. The minimum atomic E-state index is -0.299. The van der Waals surface area contributed by atoms with Gasteiger partial charge in [0.15, 0.2) is 11.6 Å². The SMILES string of the molecule is CC1(C)CC(CNc2ncccc2F)(N2CCN(Cc3ccccc3)CC2)CCO1. The fourth-order valence-corrected chi connectivity index (χ4v) is 4.97. The van der Waals surface area contributed by atoms with Gasteiger partial charge in [-0.1, -0.05) is 30.3 Å². The first-order valence-corrected chi connectivity index (χ1v) is 11.0. The van der Waals surface area contributed by atoms with Crippen molar-refractivity contribution in [3.63, 3.8) is 0 Å². The van der Waals surface area contributed by atoms with Crippen LogP contribution in [0.3, 0.4) is 0 Å². The lowest BCUT2D eigenvalue weighted by Crippen LogP contribution is -2.64. The van der Waals surface area contributed by atoms with Crippen LogP contribution >= 0.6 is 0 Å². The van der Waals surface area contributed by atoms with Crippen LogP contribution in [0, 0.1) is 5.82 Å². The van der Waals surface area contributed by atoms with Crippen molar-refractivity contribution in [3.05, 3.63) is 60.0 Å². The normalized spacial score (nSPS) is 25.2. The average Bonchev–Trinajstić information content (AvgIpc) is 2.74. The molecule has 6 heteroatoms. The quantitative estimate of drug-likeness (QED) is 0.782. The minimum Gasteiger partial charge on any atom is -0.375 e. The van der Waals surface area contributed by atoms with Crippen molar-refractivity contribution in [1.82, 2.24) is 14.8 Å². The molecule has 3 heterocycles. The zero-order chi connectivity index (χ0) is 21.0. The van der Waals surface area contributed by atoms with Crippen LogP contribution in [0.5, 0.6) is 0 Å². The van der Waals surface area contributed by atoms with E-state index in [0.717, 1.165) is 52.2 Å². The second kappa shape index (κ2) is 9.00. The molecule has 0 spiro atoms. The summed E-state index contributed by atoms with van der Waals surface area (Å²) in [5.74, 6) is 0.0375. The van der Waals surface area contributed by atoms with E-state index < -0.39 is 0 Å². The number of hydrogen-bond donors (Lipinski definition) is 1. The van der Waals surface area contributed by atoms with Gasteiger partial charge in [-0.25, -0.2) is 9.37 Å². The summed E-state index contributed by atoms with van der Waals surface area (Å²) in [5.41, 5.74) is 1.11. The monoisotopic (exact) mass is 412 g/mol. The summed E-state index contributed by atoms with van der Waals surface area (Å²) >= 11 is 0. The highest BCUT2D eigenvalue weighted by Gasteiger charge is 2.45. The van der Waals surface area contributed by atoms with E-state index in [2.05, 4.69) is 64.3 Å². The third-order valence-electron chi connectivity index (χ3n) is 6.45. The molecule has 1 aromatic heterocycles. The average molecular weight is 413 g/mol. The molecule has 2 aliphatic rings. The first kappa shape index (κ1) is 21.2. The molecule has 1 unspecified atom stereocenters. The van der Waals surface area contributed by atoms with E-state index in [1.54, 1.807) is 12.3 Å². The van der Waals surface area contributed by atoms with Crippen LogP contribution in [0.4, 0.5) is 10.2 Å². The Labute approximate surface area is 179 Å².